The smallest absolute Gasteiger partial charge is 0.318 e. The lowest BCUT2D eigenvalue weighted by Crippen LogP contribution is -2.49. The second-order valence-corrected chi connectivity index (χ2v) is 11.3. The molecule has 3 aromatic rings. The minimum absolute atomic E-state index is 0.0110. The number of nitrogens with one attached hydrogen (secondary N) is 1. The number of hydrogen-bond acceptors (Lipinski definition) is 5. The topological polar surface area (TPSA) is 93.5 Å². The molecular weight excluding hydrogens is 464 g/mol. The van der Waals surface area contributed by atoms with Crippen LogP contribution in [0.3, 0.4) is 0 Å². The first-order chi connectivity index (χ1) is 16.6. The third-order valence-corrected chi connectivity index (χ3v) is 6.85. The number of methoxy groups -OCH3 is 1. The summed E-state index contributed by atoms with van der Waals surface area (Å²) in [6.07, 6.45) is 1.55. The van der Waals surface area contributed by atoms with Crippen LogP contribution in [0.5, 0.6) is 0 Å². The zero-order chi connectivity index (χ0) is 25.5. The fraction of sp³-hybridized carbons (Fsp3) is 0.385. The van der Waals surface area contributed by atoms with Gasteiger partial charge in [-0.3, -0.25) is 0 Å². The van der Waals surface area contributed by atoms with Gasteiger partial charge in [0.05, 0.1) is 37.3 Å². The van der Waals surface area contributed by atoms with Gasteiger partial charge in [-0.05, 0) is 31.9 Å². The zero-order valence-corrected chi connectivity index (χ0v) is 21.6. The van der Waals surface area contributed by atoms with Crippen LogP contribution in [0.4, 0.5) is 4.79 Å². The highest BCUT2D eigenvalue weighted by molar-refractivity contribution is 7.90. The quantitative estimate of drug-likeness (QED) is 0.458. The van der Waals surface area contributed by atoms with E-state index in [0.717, 1.165) is 5.56 Å². The molecule has 3 rings (SSSR count). The molecule has 0 radical (unpaired) electrons. The number of ether oxygens (including phenoxy) is 1. The summed E-state index contributed by atoms with van der Waals surface area (Å²) >= 11 is 0. The SMILES string of the molecule is COCCN(Cc1cnc(S(=O)(=O)Cc2ccccc2)n1Cc1ccccc1)C(=O)NC(C)(C)C. The molecule has 35 heavy (non-hydrogen) atoms. The van der Waals surface area contributed by atoms with E-state index in [1.165, 1.54) is 0 Å². The van der Waals surface area contributed by atoms with Gasteiger partial charge in [0.2, 0.25) is 15.0 Å². The van der Waals surface area contributed by atoms with Gasteiger partial charge in [0.25, 0.3) is 0 Å². The highest BCUT2D eigenvalue weighted by Gasteiger charge is 2.26. The third-order valence-electron chi connectivity index (χ3n) is 5.25. The van der Waals surface area contributed by atoms with E-state index in [9.17, 15) is 13.2 Å². The molecule has 0 unspecified atom stereocenters. The van der Waals surface area contributed by atoms with Gasteiger partial charge in [-0.25, -0.2) is 18.2 Å². The van der Waals surface area contributed by atoms with E-state index in [1.807, 2.05) is 69.3 Å². The van der Waals surface area contributed by atoms with Crippen molar-refractivity contribution < 1.29 is 17.9 Å². The lowest BCUT2D eigenvalue weighted by Gasteiger charge is -2.28. The Morgan fingerprint density at radius 1 is 1.03 bits per heavy atom. The van der Waals surface area contributed by atoms with Gasteiger partial charge < -0.3 is 19.5 Å². The van der Waals surface area contributed by atoms with Crippen molar-refractivity contribution in [3.8, 4) is 0 Å². The molecule has 0 aliphatic carbocycles. The number of carbonyl (C=O) groups excluding carboxylic acids is 1. The van der Waals surface area contributed by atoms with Gasteiger partial charge >= 0.3 is 6.03 Å². The van der Waals surface area contributed by atoms with Gasteiger partial charge in [-0.1, -0.05) is 60.7 Å². The summed E-state index contributed by atoms with van der Waals surface area (Å²) in [6, 6.07) is 18.4. The minimum Gasteiger partial charge on any atom is -0.383 e. The highest BCUT2D eigenvalue weighted by Crippen LogP contribution is 2.20. The summed E-state index contributed by atoms with van der Waals surface area (Å²) in [7, 11) is -2.16. The Balaban J connectivity index is 1.98. The Hall–Kier alpha value is -3.17. The van der Waals surface area contributed by atoms with Crippen molar-refractivity contribution >= 4 is 15.9 Å². The number of hydrogen-bond donors (Lipinski definition) is 1. The average molecular weight is 499 g/mol. The van der Waals surface area contributed by atoms with Crippen molar-refractivity contribution in [2.24, 2.45) is 0 Å². The number of aromatic nitrogens is 2. The van der Waals surface area contributed by atoms with Crippen LogP contribution in [0.25, 0.3) is 0 Å². The summed E-state index contributed by atoms with van der Waals surface area (Å²) in [4.78, 5) is 18.9. The summed E-state index contributed by atoms with van der Waals surface area (Å²) in [5, 5.41) is 2.96. The average Bonchev–Trinajstić information content (AvgIpc) is 3.19. The van der Waals surface area contributed by atoms with Crippen LogP contribution in [-0.4, -0.2) is 54.7 Å². The van der Waals surface area contributed by atoms with Gasteiger partial charge in [0, 0.05) is 19.2 Å². The summed E-state index contributed by atoms with van der Waals surface area (Å²) in [5.74, 6) is -0.156. The van der Waals surface area contributed by atoms with Crippen LogP contribution in [0.15, 0.2) is 72.0 Å². The monoisotopic (exact) mass is 498 g/mol. The predicted octanol–water partition coefficient (Wildman–Crippen LogP) is 3.86. The van der Waals surface area contributed by atoms with Crippen LogP contribution in [0.1, 0.15) is 37.6 Å². The first-order valence-electron chi connectivity index (χ1n) is 11.5. The largest absolute Gasteiger partial charge is 0.383 e. The number of urea groups is 1. The van der Waals surface area contributed by atoms with Crippen molar-refractivity contribution in [3.05, 3.63) is 83.7 Å². The Morgan fingerprint density at radius 2 is 1.63 bits per heavy atom. The fourth-order valence-electron chi connectivity index (χ4n) is 3.61. The molecular formula is C26H34N4O4S. The number of benzene rings is 2. The van der Waals surface area contributed by atoms with E-state index >= 15 is 0 Å². The van der Waals surface area contributed by atoms with Crippen molar-refractivity contribution in [1.29, 1.82) is 0 Å². The maximum absolute atomic E-state index is 13.4. The molecule has 2 amide bonds. The van der Waals surface area contributed by atoms with Crippen LogP contribution in [0, 0.1) is 0 Å². The van der Waals surface area contributed by atoms with Gasteiger partial charge in [0.1, 0.15) is 0 Å². The van der Waals surface area contributed by atoms with Crippen molar-refractivity contribution in [1.82, 2.24) is 19.8 Å². The van der Waals surface area contributed by atoms with E-state index in [1.54, 1.807) is 34.9 Å². The van der Waals surface area contributed by atoms with Crippen LogP contribution >= 0.6 is 0 Å². The fourth-order valence-corrected chi connectivity index (χ4v) is 5.10. The Kier molecular flexibility index (Phi) is 8.69. The molecule has 2 aromatic carbocycles. The molecule has 0 spiro atoms. The molecule has 1 aromatic heterocycles. The van der Waals surface area contributed by atoms with Gasteiger partial charge in [-0.15, -0.1) is 0 Å². The number of nitrogens with zero attached hydrogens (tertiary/aromatic N) is 3. The number of imidazole rings is 1. The highest BCUT2D eigenvalue weighted by atomic mass is 32.2. The van der Waals surface area contributed by atoms with E-state index in [0.29, 0.717) is 31.0 Å². The van der Waals surface area contributed by atoms with E-state index < -0.39 is 15.4 Å². The number of carbonyl (C=O) groups is 1. The molecule has 0 atom stereocenters. The molecule has 0 fully saturated rings. The lowest BCUT2D eigenvalue weighted by atomic mass is 10.1. The number of sulfone groups is 1. The van der Waals surface area contributed by atoms with Crippen molar-refractivity contribution in [2.75, 3.05) is 20.3 Å². The van der Waals surface area contributed by atoms with Gasteiger partial charge in [-0.2, -0.15) is 0 Å². The minimum atomic E-state index is -3.74. The molecule has 188 valence electrons. The van der Waals surface area contributed by atoms with Crippen LogP contribution in [-0.2, 0) is 33.4 Å². The standard InChI is InChI=1S/C26H34N4O4S/c1-26(2,3)28-24(31)29(15-16-34-4)19-23-17-27-25(30(23)18-21-11-7-5-8-12-21)35(32,33)20-22-13-9-6-10-14-22/h5-14,17H,15-16,18-20H2,1-4H3,(H,28,31). The molecule has 9 heteroatoms. The van der Waals surface area contributed by atoms with Crippen molar-refractivity contribution in [2.45, 2.75) is 50.3 Å². The normalized spacial score (nSPS) is 11.9. The maximum atomic E-state index is 13.4. The molecule has 8 nitrogen and oxygen atoms in total. The Bertz CT molecular complexity index is 1200. The number of rotatable bonds is 10. The molecule has 1 heterocycles. The summed E-state index contributed by atoms with van der Waals surface area (Å²) < 4.78 is 33.7. The van der Waals surface area contributed by atoms with E-state index in [2.05, 4.69) is 10.3 Å². The zero-order valence-electron chi connectivity index (χ0n) is 20.8. The third kappa shape index (κ3) is 7.66. The van der Waals surface area contributed by atoms with Crippen molar-refractivity contribution in [3.63, 3.8) is 0 Å². The Morgan fingerprint density at radius 3 is 2.20 bits per heavy atom. The molecule has 1 N–H and O–H groups in total. The molecule has 0 aliphatic rings. The molecule has 0 saturated heterocycles. The second kappa shape index (κ2) is 11.5. The van der Waals surface area contributed by atoms with Crippen LogP contribution < -0.4 is 5.32 Å². The first-order valence-corrected chi connectivity index (χ1v) is 13.2. The molecule has 0 aliphatic heterocycles. The lowest BCUT2D eigenvalue weighted by molar-refractivity contribution is 0.141. The maximum Gasteiger partial charge on any atom is 0.318 e. The van der Waals surface area contributed by atoms with Gasteiger partial charge in [0.15, 0.2) is 0 Å². The summed E-state index contributed by atoms with van der Waals surface area (Å²) in [6.45, 7) is 6.93. The Labute approximate surface area is 207 Å². The van der Waals surface area contributed by atoms with E-state index in [4.69, 9.17) is 4.74 Å². The summed E-state index contributed by atoms with van der Waals surface area (Å²) in [5.41, 5.74) is 1.83. The predicted molar refractivity (Wildman–Crippen MR) is 136 cm³/mol. The molecule has 0 saturated carbocycles. The first kappa shape index (κ1) is 26.4. The molecule has 0 bridgehead atoms. The second-order valence-electron chi connectivity index (χ2n) is 9.44. The number of amides is 2. The van der Waals surface area contributed by atoms with Crippen LogP contribution in [0.2, 0.25) is 0 Å². The van der Waals surface area contributed by atoms with E-state index in [-0.39, 0.29) is 23.5 Å².